The number of carbonyl (C=O) groups excluding carboxylic acids is 1. The third kappa shape index (κ3) is 1.93. The molecule has 0 radical (unpaired) electrons. The van der Waals surface area contributed by atoms with E-state index in [1.807, 2.05) is 31.2 Å². The molecule has 0 aliphatic carbocycles. The minimum Gasteiger partial charge on any atom is -0.368 e. The molecule has 0 aromatic heterocycles. The maximum Gasteiger partial charge on any atom is 0.251 e. The van der Waals surface area contributed by atoms with Crippen molar-refractivity contribution in [3.63, 3.8) is 0 Å². The molecule has 2 rings (SSSR count). The Hall–Kier alpha value is -1.35. The fraction of sp³-hybridized carbons (Fsp3) is 0.364. The second-order valence-corrected chi connectivity index (χ2v) is 3.31. The number of rotatable bonds is 3. The molecule has 3 heteroatoms. The van der Waals surface area contributed by atoms with E-state index < -0.39 is 0 Å². The monoisotopic (exact) mass is 191 g/mol. The summed E-state index contributed by atoms with van der Waals surface area (Å²) in [4.78, 5) is 11.5. The lowest BCUT2D eigenvalue weighted by Crippen LogP contribution is -2.22. The van der Waals surface area contributed by atoms with Crippen LogP contribution in [0.25, 0.3) is 0 Å². The standard InChI is InChI=1S/C11H13NO2/c1-2-12-11(13)9-5-3-4-8(6-9)10-7-14-10/h3-6,10H,2,7H2,1H3,(H,12,13). The van der Waals surface area contributed by atoms with Crippen LogP contribution in [0.15, 0.2) is 24.3 Å². The summed E-state index contributed by atoms with van der Waals surface area (Å²) in [6.07, 6.45) is 0.212. The molecule has 14 heavy (non-hydrogen) atoms. The van der Waals surface area contributed by atoms with Gasteiger partial charge >= 0.3 is 0 Å². The summed E-state index contributed by atoms with van der Waals surface area (Å²) >= 11 is 0. The highest BCUT2D eigenvalue weighted by Crippen LogP contribution is 2.29. The minimum atomic E-state index is -0.0185. The van der Waals surface area contributed by atoms with E-state index >= 15 is 0 Å². The fourth-order valence-electron chi connectivity index (χ4n) is 1.38. The van der Waals surface area contributed by atoms with E-state index in [4.69, 9.17) is 4.74 Å². The third-order valence-electron chi connectivity index (χ3n) is 2.19. The van der Waals surface area contributed by atoms with Gasteiger partial charge < -0.3 is 10.1 Å². The van der Waals surface area contributed by atoms with Crippen LogP contribution in [0.5, 0.6) is 0 Å². The molecule has 1 aliphatic heterocycles. The molecular formula is C11H13NO2. The van der Waals surface area contributed by atoms with Gasteiger partial charge in [-0.3, -0.25) is 4.79 Å². The van der Waals surface area contributed by atoms with Crippen molar-refractivity contribution in [2.75, 3.05) is 13.2 Å². The van der Waals surface area contributed by atoms with Gasteiger partial charge in [-0.15, -0.1) is 0 Å². The average Bonchev–Trinajstić information content (AvgIpc) is 3.02. The Balaban J connectivity index is 2.16. The first kappa shape index (κ1) is 9.21. The number of nitrogens with one attached hydrogen (secondary N) is 1. The number of epoxide rings is 1. The highest BCUT2D eigenvalue weighted by Gasteiger charge is 2.25. The van der Waals surface area contributed by atoms with E-state index in [0.29, 0.717) is 12.1 Å². The zero-order valence-electron chi connectivity index (χ0n) is 8.12. The Morgan fingerprint density at radius 2 is 2.43 bits per heavy atom. The normalized spacial score (nSPS) is 19.1. The molecular weight excluding hydrogens is 178 g/mol. The van der Waals surface area contributed by atoms with Crippen LogP contribution in [-0.4, -0.2) is 19.1 Å². The van der Waals surface area contributed by atoms with Gasteiger partial charge in [-0.25, -0.2) is 0 Å². The maximum absolute atomic E-state index is 11.5. The zero-order chi connectivity index (χ0) is 9.97. The van der Waals surface area contributed by atoms with Crippen LogP contribution in [-0.2, 0) is 4.74 Å². The van der Waals surface area contributed by atoms with Crippen molar-refractivity contribution in [3.05, 3.63) is 35.4 Å². The predicted octanol–water partition coefficient (Wildman–Crippen LogP) is 1.51. The number of hydrogen-bond acceptors (Lipinski definition) is 2. The number of carbonyl (C=O) groups is 1. The van der Waals surface area contributed by atoms with Gasteiger partial charge in [0.2, 0.25) is 0 Å². The van der Waals surface area contributed by atoms with Crippen LogP contribution in [0.3, 0.4) is 0 Å². The largest absolute Gasteiger partial charge is 0.368 e. The topological polar surface area (TPSA) is 41.6 Å². The molecule has 1 fully saturated rings. The molecule has 1 N–H and O–H groups in total. The van der Waals surface area contributed by atoms with Crippen molar-refractivity contribution in [1.82, 2.24) is 5.32 Å². The Kier molecular flexibility index (Phi) is 2.50. The third-order valence-corrected chi connectivity index (χ3v) is 2.19. The van der Waals surface area contributed by atoms with Crippen molar-refractivity contribution < 1.29 is 9.53 Å². The van der Waals surface area contributed by atoms with E-state index in [-0.39, 0.29) is 12.0 Å². The summed E-state index contributed by atoms with van der Waals surface area (Å²) in [6.45, 7) is 3.34. The lowest BCUT2D eigenvalue weighted by atomic mass is 10.1. The van der Waals surface area contributed by atoms with Crippen LogP contribution in [0.4, 0.5) is 0 Å². The van der Waals surface area contributed by atoms with Gasteiger partial charge in [0, 0.05) is 12.1 Å². The number of benzene rings is 1. The zero-order valence-corrected chi connectivity index (χ0v) is 8.12. The molecule has 3 nitrogen and oxygen atoms in total. The molecule has 1 atom stereocenters. The van der Waals surface area contributed by atoms with E-state index in [0.717, 1.165) is 12.2 Å². The summed E-state index contributed by atoms with van der Waals surface area (Å²) in [6, 6.07) is 7.58. The maximum atomic E-state index is 11.5. The number of hydrogen-bond donors (Lipinski definition) is 1. The van der Waals surface area contributed by atoms with Crippen molar-refractivity contribution in [1.29, 1.82) is 0 Å². The van der Waals surface area contributed by atoms with Crippen LogP contribution >= 0.6 is 0 Å². The molecule has 1 aromatic carbocycles. The molecule has 0 saturated carbocycles. The molecule has 0 spiro atoms. The van der Waals surface area contributed by atoms with E-state index in [1.165, 1.54) is 0 Å². The first-order valence-electron chi connectivity index (χ1n) is 4.81. The lowest BCUT2D eigenvalue weighted by Gasteiger charge is -2.03. The summed E-state index contributed by atoms with van der Waals surface area (Å²) in [7, 11) is 0. The highest BCUT2D eigenvalue weighted by molar-refractivity contribution is 5.94. The van der Waals surface area contributed by atoms with Crippen molar-refractivity contribution >= 4 is 5.91 Å². The molecule has 1 aromatic rings. The van der Waals surface area contributed by atoms with Crippen LogP contribution in [0, 0.1) is 0 Å². The first-order chi connectivity index (χ1) is 6.81. The molecule has 74 valence electrons. The van der Waals surface area contributed by atoms with Gasteiger partial charge in [0.15, 0.2) is 0 Å². The first-order valence-corrected chi connectivity index (χ1v) is 4.81. The second kappa shape index (κ2) is 3.80. The molecule has 0 bridgehead atoms. The lowest BCUT2D eigenvalue weighted by molar-refractivity contribution is 0.0955. The Labute approximate surface area is 83.1 Å². The predicted molar refractivity (Wildman–Crippen MR) is 53.1 cm³/mol. The van der Waals surface area contributed by atoms with Crippen molar-refractivity contribution in [3.8, 4) is 0 Å². The summed E-state index contributed by atoms with van der Waals surface area (Å²) in [5.41, 5.74) is 1.80. The quantitative estimate of drug-likeness (QED) is 0.736. The van der Waals surface area contributed by atoms with E-state index in [1.54, 1.807) is 0 Å². The summed E-state index contributed by atoms with van der Waals surface area (Å²) in [5, 5.41) is 2.77. The summed E-state index contributed by atoms with van der Waals surface area (Å²) < 4.78 is 5.16. The molecule has 1 amide bonds. The van der Waals surface area contributed by atoms with Crippen molar-refractivity contribution in [2.24, 2.45) is 0 Å². The van der Waals surface area contributed by atoms with E-state index in [9.17, 15) is 4.79 Å². The number of ether oxygens (including phenoxy) is 1. The van der Waals surface area contributed by atoms with Gasteiger partial charge in [0.05, 0.1) is 6.61 Å². The highest BCUT2D eigenvalue weighted by atomic mass is 16.6. The molecule has 1 aliphatic rings. The van der Waals surface area contributed by atoms with Crippen LogP contribution < -0.4 is 5.32 Å². The van der Waals surface area contributed by atoms with Crippen molar-refractivity contribution in [2.45, 2.75) is 13.0 Å². The van der Waals surface area contributed by atoms with Gasteiger partial charge in [-0.2, -0.15) is 0 Å². The Morgan fingerprint density at radius 1 is 1.64 bits per heavy atom. The fourth-order valence-corrected chi connectivity index (χ4v) is 1.38. The smallest absolute Gasteiger partial charge is 0.251 e. The minimum absolute atomic E-state index is 0.0185. The van der Waals surface area contributed by atoms with Gasteiger partial charge in [0.25, 0.3) is 5.91 Å². The van der Waals surface area contributed by atoms with E-state index in [2.05, 4.69) is 5.32 Å². The number of amides is 1. The summed E-state index contributed by atoms with van der Waals surface area (Å²) in [5.74, 6) is -0.0185. The Morgan fingerprint density at radius 3 is 3.07 bits per heavy atom. The SMILES string of the molecule is CCNC(=O)c1cccc(C2CO2)c1. The molecule has 1 saturated heterocycles. The second-order valence-electron chi connectivity index (χ2n) is 3.31. The van der Waals surface area contributed by atoms with Gasteiger partial charge in [0.1, 0.15) is 6.10 Å². The van der Waals surface area contributed by atoms with Gasteiger partial charge in [-0.1, -0.05) is 12.1 Å². The molecule has 1 heterocycles. The molecule has 1 unspecified atom stereocenters. The van der Waals surface area contributed by atoms with Crippen LogP contribution in [0.1, 0.15) is 28.9 Å². The Bertz CT molecular complexity index is 345. The van der Waals surface area contributed by atoms with Crippen LogP contribution in [0.2, 0.25) is 0 Å². The van der Waals surface area contributed by atoms with Gasteiger partial charge in [-0.05, 0) is 24.6 Å². The average molecular weight is 191 g/mol.